The van der Waals surface area contributed by atoms with Gasteiger partial charge in [0.1, 0.15) is 23.8 Å². The molecule has 0 bridgehead atoms. The fraction of sp³-hybridized carbons (Fsp3) is 0.417. The number of carbonyl (C=O) groups excluding carboxylic acids is 2. The molecule has 0 saturated carbocycles. The normalized spacial score (nSPS) is 14.9. The molecule has 1 heterocycles. The zero-order valence-electron chi connectivity index (χ0n) is 18.3. The molecule has 0 unspecified atom stereocenters. The van der Waals surface area contributed by atoms with Crippen molar-refractivity contribution in [3.8, 4) is 5.75 Å². The maximum atomic E-state index is 13.8. The van der Waals surface area contributed by atoms with Crippen LogP contribution in [0.2, 0.25) is 0 Å². The number of rotatable bonds is 6. The summed E-state index contributed by atoms with van der Waals surface area (Å²) in [6.45, 7) is 8.03. The SMILES string of the molecule is CC(C)(C)OC(=O)N1CCN(CC(=O)c2ccc(F)cc2OCc2ccccc2)CC1. The molecule has 0 radical (unpaired) electrons. The Kier molecular flexibility index (Phi) is 7.28. The highest BCUT2D eigenvalue weighted by molar-refractivity contribution is 6.00. The average Bonchev–Trinajstić information content (AvgIpc) is 2.72. The van der Waals surface area contributed by atoms with Crippen molar-refractivity contribution in [1.29, 1.82) is 0 Å². The lowest BCUT2D eigenvalue weighted by molar-refractivity contribution is 0.0149. The van der Waals surface area contributed by atoms with E-state index < -0.39 is 11.4 Å². The molecule has 7 heteroatoms. The van der Waals surface area contributed by atoms with Crippen LogP contribution in [0.4, 0.5) is 9.18 Å². The molecule has 0 atom stereocenters. The Morgan fingerprint density at radius 1 is 1.00 bits per heavy atom. The van der Waals surface area contributed by atoms with Gasteiger partial charge in [-0.1, -0.05) is 30.3 Å². The lowest BCUT2D eigenvalue weighted by atomic mass is 10.1. The van der Waals surface area contributed by atoms with Gasteiger partial charge < -0.3 is 14.4 Å². The minimum absolute atomic E-state index is 0.145. The number of ketones is 1. The van der Waals surface area contributed by atoms with Crippen molar-refractivity contribution >= 4 is 11.9 Å². The summed E-state index contributed by atoms with van der Waals surface area (Å²) in [4.78, 5) is 28.7. The van der Waals surface area contributed by atoms with E-state index in [1.54, 1.807) is 4.90 Å². The first-order chi connectivity index (χ1) is 14.7. The van der Waals surface area contributed by atoms with E-state index in [9.17, 15) is 14.0 Å². The maximum absolute atomic E-state index is 13.8. The smallest absolute Gasteiger partial charge is 0.410 e. The zero-order valence-corrected chi connectivity index (χ0v) is 18.3. The van der Waals surface area contributed by atoms with Crippen molar-refractivity contribution < 1.29 is 23.5 Å². The number of halogens is 1. The van der Waals surface area contributed by atoms with Gasteiger partial charge in [-0.25, -0.2) is 9.18 Å². The molecule has 166 valence electrons. The van der Waals surface area contributed by atoms with E-state index >= 15 is 0 Å². The minimum atomic E-state index is -0.539. The van der Waals surface area contributed by atoms with Crippen LogP contribution in [-0.4, -0.2) is 60.0 Å². The van der Waals surface area contributed by atoms with Crippen molar-refractivity contribution in [3.63, 3.8) is 0 Å². The first kappa shape index (κ1) is 22.7. The van der Waals surface area contributed by atoms with Gasteiger partial charge in [0.05, 0.1) is 12.1 Å². The molecule has 0 N–H and O–H groups in total. The summed E-state index contributed by atoms with van der Waals surface area (Å²) >= 11 is 0. The van der Waals surface area contributed by atoms with E-state index in [4.69, 9.17) is 9.47 Å². The van der Waals surface area contributed by atoms with Crippen molar-refractivity contribution in [2.24, 2.45) is 0 Å². The summed E-state index contributed by atoms with van der Waals surface area (Å²) in [5, 5.41) is 0. The molecule has 31 heavy (non-hydrogen) atoms. The van der Waals surface area contributed by atoms with Gasteiger partial charge in [0.15, 0.2) is 5.78 Å². The Morgan fingerprint density at radius 2 is 1.68 bits per heavy atom. The fourth-order valence-corrected chi connectivity index (χ4v) is 3.28. The Hall–Kier alpha value is -2.93. The molecule has 6 nitrogen and oxygen atoms in total. The molecular weight excluding hydrogens is 399 g/mol. The number of Topliss-reactive ketones (excluding diaryl/α,β-unsaturated/α-hetero) is 1. The average molecular weight is 429 g/mol. The highest BCUT2D eigenvalue weighted by atomic mass is 19.1. The van der Waals surface area contributed by atoms with Crippen LogP contribution in [0.3, 0.4) is 0 Å². The third-order valence-corrected chi connectivity index (χ3v) is 4.87. The van der Waals surface area contributed by atoms with E-state index in [0.717, 1.165) is 5.56 Å². The monoisotopic (exact) mass is 428 g/mol. The second-order valence-corrected chi connectivity index (χ2v) is 8.58. The lowest BCUT2D eigenvalue weighted by Crippen LogP contribution is -2.51. The van der Waals surface area contributed by atoms with Crippen LogP contribution in [-0.2, 0) is 11.3 Å². The number of piperazine rings is 1. The van der Waals surface area contributed by atoms with Crippen LogP contribution in [0.25, 0.3) is 0 Å². The standard InChI is InChI=1S/C24H29FN2O4/c1-24(2,3)31-23(29)27-13-11-26(12-14-27)16-21(28)20-10-9-19(25)15-22(20)30-17-18-7-5-4-6-8-18/h4-10,15H,11-14,16-17H2,1-3H3. The van der Waals surface area contributed by atoms with Crippen LogP contribution < -0.4 is 4.74 Å². The van der Waals surface area contributed by atoms with E-state index in [2.05, 4.69) is 0 Å². The summed E-state index contributed by atoms with van der Waals surface area (Å²) in [6, 6.07) is 13.5. The van der Waals surface area contributed by atoms with E-state index in [-0.39, 0.29) is 30.8 Å². The maximum Gasteiger partial charge on any atom is 0.410 e. The summed E-state index contributed by atoms with van der Waals surface area (Å²) in [6.07, 6.45) is -0.339. The number of benzene rings is 2. The van der Waals surface area contributed by atoms with E-state index in [1.807, 2.05) is 56.0 Å². The molecule has 3 rings (SSSR count). The Balaban J connectivity index is 1.58. The molecule has 1 amide bonds. The third kappa shape index (κ3) is 6.79. The number of carbonyl (C=O) groups is 2. The fourth-order valence-electron chi connectivity index (χ4n) is 3.28. The van der Waals surface area contributed by atoms with Crippen LogP contribution in [0.5, 0.6) is 5.75 Å². The Labute approximate surface area is 182 Å². The van der Waals surface area contributed by atoms with Gasteiger partial charge in [-0.2, -0.15) is 0 Å². The van der Waals surface area contributed by atoms with Gasteiger partial charge in [0, 0.05) is 32.2 Å². The number of nitrogens with zero attached hydrogens (tertiary/aromatic N) is 2. The number of hydrogen-bond donors (Lipinski definition) is 0. The minimum Gasteiger partial charge on any atom is -0.488 e. The van der Waals surface area contributed by atoms with Crippen molar-refractivity contribution in [3.05, 3.63) is 65.5 Å². The van der Waals surface area contributed by atoms with Crippen LogP contribution in [0.1, 0.15) is 36.7 Å². The number of amides is 1. The van der Waals surface area contributed by atoms with Crippen molar-refractivity contribution in [1.82, 2.24) is 9.80 Å². The highest BCUT2D eigenvalue weighted by Crippen LogP contribution is 2.23. The van der Waals surface area contributed by atoms with Crippen LogP contribution in [0.15, 0.2) is 48.5 Å². The second-order valence-electron chi connectivity index (χ2n) is 8.58. The van der Waals surface area contributed by atoms with Gasteiger partial charge in [-0.05, 0) is 38.5 Å². The molecule has 1 aliphatic heterocycles. The Bertz CT molecular complexity index is 904. The highest BCUT2D eigenvalue weighted by Gasteiger charge is 2.27. The quantitative estimate of drug-likeness (QED) is 0.648. The predicted octanol–water partition coefficient (Wildman–Crippen LogP) is 4.14. The van der Waals surface area contributed by atoms with Gasteiger partial charge in [-0.15, -0.1) is 0 Å². The molecule has 0 aromatic heterocycles. The molecule has 2 aromatic rings. The third-order valence-electron chi connectivity index (χ3n) is 4.87. The summed E-state index contributed by atoms with van der Waals surface area (Å²) in [7, 11) is 0. The van der Waals surface area contributed by atoms with Crippen LogP contribution >= 0.6 is 0 Å². The summed E-state index contributed by atoms with van der Waals surface area (Å²) < 4.78 is 24.9. The zero-order chi connectivity index (χ0) is 22.4. The van der Waals surface area contributed by atoms with E-state index in [0.29, 0.717) is 31.7 Å². The first-order valence-corrected chi connectivity index (χ1v) is 10.4. The predicted molar refractivity (Wildman–Crippen MR) is 116 cm³/mol. The van der Waals surface area contributed by atoms with Gasteiger partial charge in [0.2, 0.25) is 0 Å². The topological polar surface area (TPSA) is 59.1 Å². The molecule has 1 saturated heterocycles. The number of ether oxygens (including phenoxy) is 2. The van der Waals surface area contributed by atoms with Crippen molar-refractivity contribution in [2.75, 3.05) is 32.7 Å². The molecule has 1 aliphatic rings. The van der Waals surface area contributed by atoms with E-state index in [1.165, 1.54) is 18.2 Å². The van der Waals surface area contributed by atoms with Gasteiger partial charge >= 0.3 is 6.09 Å². The number of hydrogen-bond acceptors (Lipinski definition) is 5. The molecular formula is C24H29FN2O4. The molecule has 1 fully saturated rings. The largest absolute Gasteiger partial charge is 0.488 e. The van der Waals surface area contributed by atoms with Crippen LogP contribution in [0, 0.1) is 5.82 Å². The van der Waals surface area contributed by atoms with Gasteiger partial charge in [-0.3, -0.25) is 9.69 Å². The van der Waals surface area contributed by atoms with Gasteiger partial charge in [0.25, 0.3) is 0 Å². The Morgan fingerprint density at radius 3 is 2.32 bits per heavy atom. The lowest BCUT2D eigenvalue weighted by Gasteiger charge is -2.35. The molecule has 0 spiro atoms. The summed E-state index contributed by atoms with van der Waals surface area (Å²) in [5.41, 5.74) is 0.749. The molecule has 2 aromatic carbocycles. The second kappa shape index (κ2) is 9.92. The molecule has 0 aliphatic carbocycles. The first-order valence-electron chi connectivity index (χ1n) is 10.4. The van der Waals surface area contributed by atoms with Crippen molar-refractivity contribution in [2.45, 2.75) is 33.0 Å². The summed E-state index contributed by atoms with van der Waals surface area (Å²) in [5.74, 6) is -0.361.